The van der Waals surface area contributed by atoms with E-state index in [1.54, 1.807) is 23.8 Å². The van der Waals surface area contributed by atoms with Crippen LogP contribution in [0.1, 0.15) is 40.7 Å². The first-order chi connectivity index (χ1) is 17.8. The molecule has 192 valence electrons. The van der Waals surface area contributed by atoms with Gasteiger partial charge in [-0.2, -0.15) is 0 Å². The van der Waals surface area contributed by atoms with Crippen LogP contribution in [0.15, 0.2) is 70.3 Å². The number of fused-ring (bicyclic) bond motifs is 1. The molecular weight excluding hydrogens is 466 g/mol. The standard InChI is InChI=1S/C30H33N3O4/c1-20-16-21(2)25(22(3)17-20)19-33-26-12-7-6-11-24(26)29(35)32(30(33)36)15-9-14-28(34)31-18-23-10-5-8-13-27(23)37-4/h5-8,10-13,16-17H,9,14-15,18-19H2,1-4H3,(H,31,34). The summed E-state index contributed by atoms with van der Waals surface area (Å²) in [6, 6.07) is 18.9. The van der Waals surface area contributed by atoms with Gasteiger partial charge in [0, 0.05) is 25.1 Å². The minimum Gasteiger partial charge on any atom is -0.496 e. The Bertz CT molecular complexity index is 1540. The molecule has 0 aliphatic heterocycles. The van der Waals surface area contributed by atoms with Gasteiger partial charge in [0.15, 0.2) is 0 Å². The molecule has 7 heteroatoms. The summed E-state index contributed by atoms with van der Waals surface area (Å²) in [6.07, 6.45) is 0.567. The summed E-state index contributed by atoms with van der Waals surface area (Å²) in [4.78, 5) is 39.3. The normalized spacial score (nSPS) is 11.0. The summed E-state index contributed by atoms with van der Waals surface area (Å²) in [5.41, 5.74) is 5.26. The number of aryl methyl sites for hydroxylation is 3. The van der Waals surface area contributed by atoms with Crippen LogP contribution in [0.3, 0.4) is 0 Å². The third-order valence-electron chi connectivity index (χ3n) is 6.74. The average molecular weight is 500 g/mol. The molecule has 1 amide bonds. The molecule has 1 heterocycles. The van der Waals surface area contributed by atoms with Gasteiger partial charge in [-0.1, -0.05) is 48.0 Å². The van der Waals surface area contributed by atoms with E-state index in [2.05, 4.69) is 24.4 Å². The fraction of sp³-hybridized carbons (Fsp3) is 0.300. The van der Waals surface area contributed by atoms with Crippen molar-refractivity contribution in [1.29, 1.82) is 0 Å². The average Bonchev–Trinajstić information content (AvgIpc) is 2.88. The fourth-order valence-electron chi connectivity index (χ4n) is 4.87. The number of nitrogens with zero attached hydrogens (tertiary/aromatic N) is 2. The Morgan fingerprint density at radius 1 is 0.919 bits per heavy atom. The number of para-hydroxylation sites is 2. The van der Waals surface area contributed by atoms with Gasteiger partial charge < -0.3 is 10.1 Å². The topological polar surface area (TPSA) is 82.3 Å². The molecule has 0 fully saturated rings. The Morgan fingerprint density at radius 3 is 2.32 bits per heavy atom. The van der Waals surface area contributed by atoms with Crippen molar-refractivity contribution in [2.45, 2.75) is 53.2 Å². The van der Waals surface area contributed by atoms with Crippen molar-refractivity contribution in [2.24, 2.45) is 0 Å². The lowest BCUT2D eigenvalue weighted by Gasteiger charge is -2.17. The van der Waals surface area contributed by atoms with E-state index in [-0.39, 0.29) is 30.1 Å². The number of nitrogens with one attached hydrogen (secondary N) is 1. The molecule has 0 bridgehead atoms. The number of aromatic nitrogens is 2. The monoisotopic (exact) mass is 499 g/mol. The van der Waals surface area contributed by atoms with Crippen LogP contribution in [0.5, 0.6) is 5.75 Å². The molecule has 37 heavy (non-hydrogen) atoms. The zero-order valence-electron chi connectivity index (χ0n) is 21.8. The summed E-state index contributed by atoms with van der Waals surface area (Å²) in [5, 5.41) is 3.38. The molecule has 0 unspecified atom stereocenters. The van der Waals surface area contributed by atoms with Crippen molar-refractivity contribution >= 4 is 16.8 Å². The molecule has 3 aromatic carbocycles. The van der Waals surface area contributed by atoms with Crippen molar-refractivity contribution < 1.29 is 9.53 Å². The number of ether oxygens (including phenoxy) is 1. The van der Waals surface area contributed by atoms with Crippen molar-refractivity contribution in [3.05, 3.63) is 109 Å². The summed E-state index contributed by atoms with van der Waals surface area (Å²) < 4.78 is 8.25. The minimum atomic E-state index is -0.363. The van der Waals surface area contributed by atoms with Crippen LogP contribution in [0.4, 0.5) is 0 Å². The van der Waals surface area contributed by atoms with Gasteiger partial charge in [0.05, 0.1) is 24.6 Å². The number of carbonyl (C=O) groups is 1. The maximum absolute atomic E-state index is 13.6. The van der Waals surface area contributed by atoms with Crippen LogP contribution in [0, 0.1) is 20.8 Å². The van der Waals surface area contributed by atoms with E-state index in [1.807, 2.05) is 50.2 Å². The Kier molecular flexibility index (Phi) is 7.92. The Hall–Kier alpha value is -4.13. The molecule has 0 aliphatic carbocycles. The van der Waals surface area contributed by atoms with Crippen LogP contribution < -0.4 is 21.3 Å². The van der Waals surface area contributed by atoms with E-state index in [0.29, 0.717) is 36.2 Å². The lowest BCUT2D eigenvalue weighted by molar-refractivity contribution is -0.121. The van der Waals surface area contributed by atoms with Gasteiger partial charge in [0.25, 0.3) is 5.56 Å². The third kappa shape index (κ3) is 5.66. The predicted molar refractivity (Wildman–Crippen MR) is 146 cm³/mol. The van der Waals surface area contributed by atoms with E-state index in [1.165, 1.54) is 10.1 Å². The van der Waals surface area contributed by atoms with E-state index < -0.39 is 0 Å². The number of rotatable bonds is 9. The number of hydrogen-bond donors (Lipinski definition) is 1. The van der Waals surface area contributed by atoms with Crippen molar-refractivity contribution in [3.8, 4) is 5.75 Å². The molecule has 0 saturated carbocycles. The van der Waals surface area contributed by atoms with Gasteiger partial charge in [-0.25, -0.2) is 4.79 Å². The number of carbonyl (C=O) groups excluding carboxylic acids is 1. The van der Waals surface area contributed by atoms with Gasteiger partial charge >= 0.3 is 5.69 Å². The van der Waals surface area contributed by atoms with E-state index in [9.17, 15) is 14.4 Å². The van der Waals surface area contributed by atoms with Crippen LogP contribution in [0.2, 0.25) is 0 Å². The van der Waals surface area contributed by atoms with Gasteiger partial charge in [-0.05, 0) is 62.1 Å². The number of methoxy groups -OCH3 is 1. The number of hydrogen-bond acceptors (Lipinski definition) is 4. The maximum atomic E-state index is 13.6. The van der Waals surface area contributed by atoms with Crippen molar-refractivity contribution in [1.82, 2.24) is 14.5 Å². The summed E-state index contributed by atoms with van der Waals surface area (Å²) in [6.45, 7) is 7.02. The Labute approximate surface area is 216 Å². The predicted octanol–water partition coefficient (Wildman–Crippen LogP) is 4.24. The van der Waals surface area contributed by atoms with Gasteiger partial charge in [0.2, 0.25) is 5.91 Å². The highest BCUT2D eigenvalue weighted by Crippen LogP contribution is 2.19. The maximum Gasteiger partial charge on any atom is 0.331 e. The Balaban J connectivity index is 1.55. The minimum absolute atomic E-state index is 0.147. The number of benzene rings is 3. The smallest absolute Gasteiger partial charge is 0.331 e. The first kappa shape index (κ1) is 25.9. The van der Waals surface area contributed by atoms with E-state index in [0.717, 1.165) is 22.3 Å². The number of amides is 1. The second kappa shape index (κ2) is 11.3. The fourth-order valence-corrected chi connectivity index (χ4v) is 4.87. The van der Waals surface area contributed by atoms with Gasteiger partial charge in [-0.15, -0.1) is 0 Å². The first-order valence-corrected chi connectivity index (χ1v) is 12.5. The summed E-state index contributed by atoms with van der Waals surface area (Å²) in [7, 11) is 1.59. The molecule has 0 radical (unpaired) electrons. The highest BCUT2D eigenvalue weighted by atomic mass is 16.5. The van der Waals surface area contributed by atoms with E-state index in [4.69, 9.17) is 4.74 Å². The van der Waals surface area contributed by atoms with Crippen molar-refractivity contribution in [3.63, 3.8) is 0 Å². The zero-order valence-corrected chi connectivity index (χ0v) is 21.8. The molecule has 1 aromatic heterocycles. The molecule has 1 N–H and O–H groups in total. The molecule has 0 saturated heterocycles. The molecular formula is C30H33N3O4. The SMILES string of the molecule is COc1ccccc1CNC(=O)CCCn1c(=O)c2ccccc2n(Cc2c(C)cc(C)cc2C)c1=O. The van der Waals surface area contributed by atoms with Gasteiger partial charge in [0.1, 0.15) is 5.75 Å². The molecule has 0 atom stereocenters. The molecule has 0 aliphatic rings. The largest absolute Gasteiger partial charge is 0.496 e. The lowest BCUT2D eigenvalue weighted by Crippen LogP contribution is -2.40. The summed E-state index contributed by atoms with van der Waals surface area (Å²) in [5.74, 6) is 0.566. The molecule has 7 nitrogen and oxygen atoms in total. The highest BCUT2D eigenvalue weighted by Gasteiger charge is 2.15. The Morgan fingerprint density at radius 2 is 1.59 bits per heavy atom. The first-order valence-electron chi connectivity index (χ1n) is 12.5. The van der Waals surface area contributed by atoms with Crippen LogP contribution in [-0.4, -0.2) is 22.2 Å². The second-order valence-corrected chi connectivity index (χ2v) is 9.41. The van der Waals surface area contributed by atoms with Gasteiger partial charge in [-0.3, -0.25) is 18.7 Å². The third-order valence-corrected chi connectivity index (χ3v) is 6.74. The zero-order chi connectivity index (χ0) is 26.5. The molecule has 0 spiro atoms. The van der Waals surface area contributed by atoms with Crippen molar-refractivity contribution in [2.75, 3.05) is 7.11 Å². The van der Waals surface area contributed by atoms with Crippen LogP contribution in [-0.2, 0) is 24.4 Å². The van der Waals surface area contributed by atoms with Crippen LogP contribution in [0.25, 0.3) is 10.9 Å². The molecule has 4 rings (SSSR count). The summed E-state index contributed by atoms with van der Waals surface area (Å²) >= 11 is 0. The lowest BCUT2D eigenvalue weighted by atomic mass is 9.99. The van der Waals surface area contributed by atoms with E-state index >= 15 is 0 Å². The molecule has 4 aromatic rings. The second-order valence-electron chi connectivity index (χ2n) is 9.41. The highest BCUT2D eigenvalue weighted by molar-refractivity contribution is 5.78. The van der Waals surface area contributed by atoms with Crippen LogP contribution >= 0.6 is 0 Å². The quantitative estimate of drug-likeness (QED) is 0.373.